The van der Waals surface area contributed by atoms with Crippen molar-refractivity contribution in [3.63, 3.8) is 0 Å². The number of rotatable bonds is 3. The Morgan fingerprint density at radius 2 is 1.92 bits per heavy atom. The smallest absolute Gasteiger partial charge is 0.168 e. The van der Waals surface area contributed by atoms with Crippen molar-refractivity contribution in [2.45, 2.75) is 19.0 Å². The Morgan fingerprint density at radius 1 is 1.00 bits per heavy atom. The van der Waals surface area contributed by atoms with E-state index in [0.717, 1.165) is 46.7 Å². The predicted octanol–water partition coefficient (Wildman–Crippen LogP) is 2.86. The highest BCUT2D eigenvalue weighted by Gasteiger charge is 2.29. The van der Waals surface area contributed by atoms with Crippen LogP contribution >= 0.6 is 0 Å². The summed E-state index contributed by atoms with van der Waals surface area (Å²) in [5.74, 6) is 0.960. The van der Waals surface area contributed by atoms with Gasteiger partial charge in [-0.15, -0.1) is 0 Å². The first-order valence-corrected chi connectivity index (χ1v) is 8.32. The summed E-state index contributed by atoms with van der Waals surface area (Å²) in [5, 5.41) is 2.02. The zero-order chi connectivity index (χ0) is 16.6. The number of aliphatic imine (C=N–C) groups is 1. The van der Waals surface area contributed by atoms with Crippen LogP contribution < -0.4 is 5.43 Å². The molecule has 2 aliphatic rings. The Morgan fingerprint density at radius 3 is 2.88 bits per heavy atom. The molecule has 6 heteroatoms. The Bertz CT molecular complexity index is 1010. The molecule has 0 aliphatic carbocycles. The Balaban J connectivity index is 1.34. The maximum atomic E-state index is 4.82. The highest BCUT2D eigenvalue weighted by molar-refractivity contribution is 5.84. The van der Waals surface area contributed by atoms with Gasteiger partial charge in [-0.1, -0.05) is 18.2 Å². The van der Waals surface area contributed by atoms with E-state index in [-0.39, 0.29) is 6.17 Å². The summed E-state index contributed by atoms with van der Waals surface area (Å²) in [4.78, 5) is 18.4. The van der Waals surface area contributed by atoms with Gasteiger partial charge in [0, 0.05) is 30.6 Å². The minimum Gasteiger partial charge on any atom is -0.284 e. The molecule has 0 fully saturated rings. The number of aromatic nitrogens is 3. The molecule has 0 saturated carbocycles. The quantitative estimate of drug-likeness (QED) is 0.801. The number of hydrogen-bond donors (Lipinski definition) is 1. The minimum atomic E-state index is -0.0358. The van der Waals surface area contributed by atoms with Crippen molar-refractivity contribution in [2.24, 2.45) is 4.99 Å². The second kappa shape index (κ2) is 5.66. The minimum absolute atomic E-state index is 0.0358. The number of pyridine rings is 1. The van der Waals surface area contributed by atoms with Crippen LogP contribution in [0.5, 0.6) is 0 Å². The number of aryl methyl sites for hydroxylation is 1. The first-order valence-electron chi connectivity index (χ1n) is 8.32. The number of nitrogens with one attached hydrogen (secondary N) is 1. The fourth-order valence-electron chi connectivity index (χ4n) is 3.21. The monoisotopic (exact) mass is 328 g/mol. The van der Waals surface area contributed by atoms with Crippen LogP contribution in [-0.2, 0) is 6.42 Å². The molecular formula is C19H16N6. The van der Waals surface area contributed by atoms with Gasteiger partial charge in [0.15, 0.2) is 6.17 Å². The number of hydrazine groups is 1. The molecule has 2 aliphatic heterocycles. The average Bonchev–Trinajstić information content (AvgIpc) is 3.10. The normalized spacial score (nSPS) is 17.8. The summed E-state index contributed by atoms with van der Waals surface area (Å²) >= 11 is 0. The van der Waals surface area contributed by atoms with Gasteiger partial charge in [-0.2, -0.15) is 0 Å². The second-order valence-corrected chi connectivity index (χ2v) is 6.11. The summed E-state index contributed by atoms with van der Waals surface area (Å²) in [7, 11) is 0. The van der Waals surface area contributed by atoms with Gasteiger partial charge in [0.25, 0.3) is 0 Å². The van der Waals surface area contributed by atoms with Crippen LogP contribution in [0.25, 0.3) is 17.1 Å². The lowest BCUT2D eigenvalue weighted by molar-refractivity contribution is 0.276. The van der Waals surface area contributed by atoms with Gasteiger partial charge >= 0.3 is 0 Å². The predicted molar refractivity (Wildman–Crippen MR) is 96.3 cm³/mol. The van der Waals surface area contributed by atoms with Crippen molar-refractivity contribution in [1.29, 1.82) is 0 Å². The van der Waals surface area contributed by atoms with Gasteiger partial charge < -0.3 is 0 Å². The maximum Gasteiger partial charge on any atom is 0.168 e. The van der Waals surface area contributed by atoms with Crippen LogP contribution in [0, 0.1) is 0 Å². The molecular weight excluding hydrogens is 312 g/mol. The van der Waals surface area contributed by atoms with Crippen molar-refractivity contribution in [1.82, 2.24) is 25.4 Å². The van der Waals surface area contributed by atoms with Gasteiger partial charge in [0.05, 0.1) is 22.4 Å². The molecule has 3 aromatic rings. The average molecular weight is 328 g/mol. The van der Waals surface area contributed by atoms with E-state index in [2.05, 4.69) is 26.4 Å². The second-order valence-electron chi connectivity index (χ2n) is 6.11. The third-order valence-corrected chi connectivity index (χ3v) is 4.46. The number of benzene rings is 1. The summed E-state index contributed by atoms with van der Waals surface area (Å²) in [6, 6.07) is 12.0. The molecule has 1 atom stereocenters. The molecule has 0 radical (unpaired) electrons. The lowest BCUT2D eigenvalue weighted by atomic mass is 10.1. The third-order valence-electron chi connectivity index (χ3n) is 4.46. The molecule has 1 N–H and O–H groups in total. The van der Waals surface area contributed by atoms with Crippen molar-refractivity contribution in [3.8, 4) is 0 Å². The molecule has 0 saturated heterocycles. The molecule has 2 aromatic heterocycles. The van der Waals surface area contributed by atoms with Crippen LogP contribution in [0.2, 0.25) is 0 Å². The van der Waals surface area contributed by atoms with Gasteiger partial charge in [-0.05, 0) is 30.7 Å². The Labute approximate surface area is 144 Å². The number of nitrogens with zero attached hydrogens (tertiary/aromatic N) is 5. The van der Waals surface area contributed by atoms with Gasteiger partial charge in [-0.25, -0.2) is 9.98 Å². The molecule has 5 rings (SSSR count). The Kier molecular flexibility index (Phi) is 3.19. The fourth-order valence-corrected chi connectivity index (χ4v) is 3.21. The van der Waals surface area contributed by atoms with Crippen molar-refractivity contribution in [3.05, 3.63) is 71.9 Å². The number of amidine groups is 1. The fraction of sp³-hybridized carbons (Fsp3) is 0.158. The molecule has 0 amide bonds. The topological polar surface area (TPSA) is 66.3 Å². The number of fused-ring (bicyclic) bond motifs is 4. The molecule has 4 heterocycles. The standard InChI is InChI=1S/C19H16N6/c1-2-6-17-16(5-1)21-12-13(22-17)7-8-18-23-19-14-4-3-10-20-15(14)9-11-25(19)24-18/h1-6,9-12,19H,7-8H2,(H,23,24). The Hall–Kier alpha value is -3.28. The van der Waals surface area contributed by atoms with Crippen LogP contribution in [0.1, 0.15) is 29.5 Å². The van der Waals surface area contributed by atoms with Crippen molar-refractivity contribution < 1.29 is 0 Å². The molecule has 25 heavy (non-hydrogen) atoms. The van der Waals surface area contributed by atoms with Crippen LogP contribution in [0.4, 0.5) is 0 Å². The molecule has 0 bridgehead atoms. The number of hydrogen-bond acceptors (Lipinski definition) is 6. The van der Waals surface area contributed by atoms with E-state index >= 15 is 0 Å². The van der Waals surface area contributed by atoms with Crippen LogP contribution in [0.3, 0.4) is 0 Å². The van der Waals surface area contributed by atoms with Crippen LogP contribution in [0.15, 0.2) is 60.0 Å². The molecule has 1 aromatic carbocycles. The first-order chi connectivity index (χ1) is 12.4. The zero-order valence-electron chi connectivity index (χ0n) is 13.5. The summed E-state index contributed by atoms with van der Waals surface area (Å²) in [6.45, 7) is 0. The van der Waals surface area contributed by atoms with Gasteiger partial charge in [-0.3, -0.25) is 20.4 Å². The third kappa shape index (κ3) is 2.52. The van der Waals surface area contributed by atoms with E-state index in [0.29, 0.717) is 0 Å². The van der Waals surface area contributed by atoms with Crippen LogP contribution in [-0.4, -0.2) is 25.8 Å². The zero-order valence-corrected chi connectivity index (χ0v) is 13.5. The van der Waals surface area contributed by atoms with Gasteiger partial charge in [0.1, 0.15) is 5.84 Å². The lowest BCUT2D eigenvalue weighted by Crippen LogP contribution is -2.34. The van der Waals surface area contributed by atoms with Crippen molar-refractivity contribution >= 4 is 22.9 Å². The summed E-state index contributed by atoms with van der Waals surface area (Å²) in [5.41, 5.74) is 8.30. The molecule has 0 spiro atoms. The van der Waals surface area contributed by atoms with E-state index in [9.17, 15) is 0 Å². The van der Waals surface area contributed by atoms with E-state index < -0.39 is 0 Å². The summed E-state index contributed by atoms with van der Waals surface area (Å²) < 4.78 is 0. The van der Waals surface area contributed by atoms with E-state index in [1.54, 1.807) is 0 Å². The molecule has 6 nitrogen and oxygen atoms in total. The molecule has 122 valence electrons. The van der Waals surface area contributed by atoms with Crippen molar-refractivity contribution in [2.75, 3.05) is 0 Å². The van der Waals surface area contributed by atoms with Gasteiger partial charge in [0.2, 0.25) is 0 Å². The van der Waals surface area contributed by atoms with E-state index in [1.165, 1.54) is 0 Å². The highest BCUT2D eigenvalue weighted by atomic mass is 15.6. The maximum absolute atomic E-state index is 4.82. The number of para-hydroxylation sites is 2. The van der Waals surface area contributed by atoms with E-state index in [4.69, 9.17) is 4.99 Å². The summed E-state index contributed by atoms with van der Waals surface area (Å²) in [6.07, 6.45) is 9.22. The lowest BCUT2D eigenvalue weighted by Gasteiger charge is -2.25. The highest BCUT2D eigenvalue weighted by Crippen LogP contribution is 2.31. The molecule has 1 unspecified atom stereocenters. The first kappa shape index (κ1) is 14.1. The largest absolute Gasteiger partial charge is 0.284 e. The van der Waals surface area contributed by atoms with E-state index in [1.807, 2.05) is 60.0 Å². The SMILES string of the molecule is C1=CN2NC(CCc3cnc4ccccc4n3)=NC2c2cccnc21.